The maximum atomic E-state index is 5.90. The van der Waals surface area contributed by atoms with E-state index in [-0.39, 0.29) is 12.4 Å². The zero-order valence-electron chi connectivity index (χ0n) is 13.0. The fourth-order valence-corrected chi connectivity index (χ4v) is 2.45. The molecule has 1 atom stereocenters. The Morgan fingerprint density at radius 3 is 2.50 bits per heavy atom. The lowest BCUT2D eigenvalue weighted by Gasteiger charge is -2.14. The Balaban J connectivity index is 0.00000176. The number of hydrogen-bond acceptors (Lipinski definition) is 2. The Bertz CT molecular complexity index is 569. The topological polar surface area (TPSA) is 21.3 Å². The second-order valence-electron chi connectivity index (χ2n) is 5.99. The third-order valence-electron chi connectivity index (χ3n) is 3.99. The molecule has 2 nitrogen and oxygen atoms in total. The van der Waals surface area contributed by atoms with Gasteiger partial charge in [0.05, 0.1) is 0 Å². The molecule has 0 aromatic heterocycles. The number of benzene rings is 2. The summed E-state index contributed by atoms with van der Waals surface area (Å²) in [5, 5.41) is 3.57. The first-order chi connectivity index (χ1) is 10.3. The summed E-state index contributed by atoms with van der Waals surface area (Å²) in [6.07, 6.45) is 2.81. The van der Waals surface area contributed by atoms with Gasteiger partial charge in [0.2, 0.25) is 0 Å². The number of hydrogen-bond donors (Lipinski definition) is 1. The molecule has 0 bridgehead atoms. The van der Waals surface area contributed by atoms with E-state index >= 15 is 0 Å². The molecule has 0 radical (unpaired) electrons. The van der Waals surface area contributed by atoms with Gasteiger partial charge in [0.1, 0.15) is 11.5 Å². The Hall–Kier alpha value is -1.51. The first kappa shape index (κ1) is 16.9. The van der Waals surface area contributed by atoms with Crippen molar-refractivity contribution in [2.75, 3.05) is 13.1 Å². The maximum Gasteiger partial charge on any atom is 0.127 e. The van der Waals surface area contributed by atoms with Crippen molar-refractivity contribution in [1.29, 1.82) is 0 Å². The first-order valence-corrected chi connectivity index (χ1v) is 7.85. The Kier molecular flexibility index (Phi) is 6.29. The predicted molar refractivity (Wildman–Crippen MR) is 94.2 cm³/mol. The fourth-order valence-electron chi connectivity index (χ4n) is 2.45. The van der Waals surface area contributed by atoms with Gasteiger partial charge in [-0.1, -0.05) is 37.3 Å². The minimum absolute atomic E-state index is 0. The standard InChI is InChI=1S/C19H23NO.ClH/c1-15(13-20-14-16-10-11-16)17-6-5-9-19(12-17)21-18-7-3-2-4-8-18;/h2-9,12,15-16,20H,10-11,13-14H2,1H3;1H. The van der Waals surface area contributed by atoms with Crippen molar-refractivity contribution < 1.29 is 4.74 Å². The zero-order chi connectivity index (χ0) is 14.5. The molecular weight excluding hydrogens is 294 g/mol. The molecule has 1 aliphatic carbocycles. The summed E-state index contributed by atoms with van der Waals surface area (Å²) >= 11 is 0. The van der Waals surface area contributed by atoms with Crippen LogP contribution in [0.1, 0.15) is 31.2 Å². The van der Waals surface area contributed by atoms with E-state index in [1.807, 2.05) is 36.4 Å². The van der Waals surface area contributed by atoms with Gasteiger partial charge in [-0.05, 0) is 61.1 Å². The van der Waals surface area contributed by atoms with Gasteiger partial charge < -0.3 is 10.1 Å². The lowest BCUT2D eigenvalue weighted by atomic mass is 10.0. The van der Waals surface area contributed by atoms with Gasteiger partial charge in [-0.3, -0.25) is 0 Å². The molecule has 2 aromatic carbocycles. The largest absolute Gasteiger partial charge is 0.457 e. The number of rotatable bonds is 7. The minimum Gasteiger partial charge on any atom is -0.457 e. The highest BCUT2D eigenvalue weighted by molar-refractivity contribution is 5.85. The van der Waals surface area contributed by atoms with E-state index in [9.17, 15) is 0 Å². The lowest BCUT2D eigenvalue weighted by molar-refractivity contribution is 0.481. The van der Waals surface area contributed by atoms with Crippen LogP contribution in [0.2, 0.25) is 0 Å². The number of halogens is 1. The smallest absolute Gasteiger partial charge is 0.127 e. The third-order valence-corrected chi connectivity index (χ3v) is 3.99. The molecule has 1 N–H and O–H groups in total. The summed E-state index contributed by atoms with van der Waals surface area (Å²) in [6, 6.07) is 18.4. The molecule has 2 aromatic rings. The van der Waals surface area contributed by atoms with E-state index in [2.05, 4.69) is 30.4 Å². The van der Waals surface area contributed by atoms with Crippen molar-refractivity contribution in [1.82, 2.24) is 5.32 Å². The van der Waals surface area contributed by atoms with E-state index in [0.717, 1.165) is 24.0 Å². The molecule has 1 aliphatic rings. The summed E-state index contributed by atoms with van der Waals surface area (Å²) in [5.41, 5.74) is 1.33. The SMILES string of the molecule is CC(CNCC1CC1)c1cccc(Oc2ccccc2)c1.Cl. The zero-order valence-corrected chi connectivity index (χ0v) is 13.8. The molecule has 0 heterocycles. The van der Waals surface area contributed by atoms with Crippen molar-refractivity contribution in [3.05, 3.63) is 60.2 Å². The van der Waals surface area contributed by atoms with Crippen LogP contribution in [0, 0.1) is 5.92 Å². The average Bonchev–Trinajstić information content (AvgIpc) is 3.33. The van der Waals surface area contributed by atoms with Crippen LogP contribution in [0.4, 0.5) is 0 Å². The van der Waals surface area contributed by atoms with Crippen LogP contribution in [0.5, 0.6) is 11.5 Å². The molecule has 22 heavy (non-hydrogen) atoms. The second kappa shape index (κ2) is 8.21. The highest BCUT2D eigenvalue weighted by atomic mass is 35.5. The van der Waals surface area contributed by atoms with E-state index in [1.54, 1.807) is 0 Å². The van der Waals surface area contributed by atoms with Crippen molar-refractivity contribution in [3.63, 3.8) is 0 Å². The summed E-state index contributed by atoms with van der Waals surface area (Å²) in [5.74, 6) is 3.23. The highest BCUT2D eigenvalue weighted by Crippen LogP contribution is 2.28. The summed E-state index contributed by atoms with van der Waals surface area (Å²) in [6.45, 7) is 4.47. The van der Waals surface area contributed by atoms with Crippen LogP contribution in [0.15, 0.2) is 54.6 Å². The quantitative estimate of drug-likeness (QED) is 0.775. The van der Waals surface area contributed by atoms with E-state index in [0.29, 0.717) is 5.92 Å². The van der Waals surface area contributed by atoms with Crippen molar-refractivity contribution in [3.8, 4) is 11.5 Å². The van der Waals surface area contributed by atoms with Crippen LogP contribution >= 0.6 is 12.4 Å². The third kappa shape index (κ3) is 5.04. The Morgan fingerprint density at radius 2 is 1.77 bits per heavy atom. The highest BCUT2D eigenvalue weighted by Gasteiger charge is 2.20. The van der Waals surface area contributed by atoms with E-state index in [1.165, 1.54) is 24.9 Å². The number of nitrogens with one attached hydrogen (secondary N) is 1. The fraction of sp³-hybridized carbons (Fsp3) is 0.368. The molecule has 0 saturated heterocycles. The van der Waals surface area contributed by atoms with Gasteiger partial charge in [0.25, 0.3) is 0 Å². The van der Waals surface area contributed by atoms with Crippen LogP contribution < -0.4 is 10.1 Å². The van der Waals surface area contributed by atoms with Gasteiger partial charge in [-0.25, -0.2) is 0 Å². The van der Waals surface area contributed by atoms with Gasteiger partial charge in [0.15, 0.2) is 0 Å². The monoisotopic (exact) mass is 317 g/mol. The van der Waals surface area contributed by atoms with Crippen LogP contribution in [-0.4, -0.2) is 13.1 Å². The number of ether oxygens (including phenoxy) is 1. The summed E-state index contributed by atoms with van der Waals surface area (Å²) in [4.78, 5) is 0. The lowest BCUT2D eigenvalue weighted by Crippen LogP contribution is -2.22. The molecule has 118 valence electrons. The summed E-state index contributed by atoms with van der Waals surface area (Å²) in [7, 11) is 0. The minimum atomic E-state index is 0. The second-order valence-corrected chi connectivity index (χ2v) is 5.99. The molecule has 0 spiro atoms. The molecule has 1 unspecified atom stereocenters. The molecular formula is C19H24ClNO. The van der Waals surface area contributed by atoms with E-state index in [4.69, 9.17) is 4.74 Å². The van der Waals surface area contributed by atoms with Crippen molar-refractivity contribution >= 4 is 12.4 Å². The molecule has 3 rings (SSSR count). The Labute approximate surface area is 139 Å². The molecule has 3 heteroatoms. The normalized spacial score (nSPS) is 15.0. The average molecular weight is 318 g/mol. The molecule has 1 saturated carbocycles. The van der Waals surface area contributed by atoms with Crippen molar-refractivity contribution in [2.45, 2.75) is 25.7 Å². The van der Waals surface area contributed by atoms with Gasteiger partial charge in [-0.15, -0.1) is 12.4 Å². The molecule has 0 aliphatic heterocycles. The van der Waals surface area contributed by atoms with E-state index < -0.39 is 0 Å². The van der Waals surface area contributed by atoms with Gasteiger partial charge in [0, 0.05) is 6.54 Å². The predicted octanol–water partition coefficient (Wildman–Crippen LogP) is 5.00. The number of para-hydroxylation sites is 1. The molecule has 0 amide bonds. The summed E-state index contributed by atoms with van der Waals surface area (Å²) < 4.78 is 5.90. The van der Waals surface area contributed by atoms with Crippen LogP contribution in [-0.2, 0) is 0 Å². The van der Waals surface area contributed by atoms with Gasteiger partial charge in [-0.2, -0.15) is 0 Å². The molecule has 1 fully saturated rings. The Morgan fingerprint density at radius 1 is 1.05 bits per heavy atom. The van der Waals surface area contributed by atoms with Crippen LogP contribution in [0.25, 0.3) is 0 Å². The maximum absolute atomic E-state index is 5.90. The van der Waals surface area contributed by atoms with Crippen molar-refractivity contribution in [2.24, 2.45) is 5.92 Å². The first-order valence-electron chi connectivity index (χ1n) is 7.85. The van der Waals surface area contributed by atoms with Gasteiger partial charge >= 0.3 is 0 Å². The van der Waals surface area contributed by atoms with Crippen LogP contribution in [0.3, 0.4) is 0 Å².